The Balaban J connectivity index is 2.32. The van der Waals surface area contributed by atoms with Crippen LogP contribution >= 0.6 is 27.5 Å². The zero-order valence-corrected chi connectivity index (χ0v) is 13.5. The molecular formula is C12H16BrClN2O2S. The van der Waals surface area contributed by atoms with Crippen LogP contribution in [0.5, 0.6) is 0 Å². The zero-order chi connectivity index (χ0) is 14.1. The van der Waals surface area contributed by atoms with Crippen LogP contribution in [0.2, 0.25) is 5.02 Å². The van der Waals surface area contributed by atoms with Gasteiger partial charge in [-0.25, -0.2) is 13.1 Å². The molecule has 1 aliphatic rings. The van der Waals surface area contributed by atoms with Gasteiger partial charge in [0.2, 0.25) is 10.0 Å². The van der Waals surface area contributed by atoms with Crippen LogP contribution < -0.4 is 10.5 Å². The molecule has 2 rings (SSSR count). The second-order valence-electron chi connectivity index (χ2n) is 4.87. The van der Waals surface area contributed by atoms with Gasteiger partial charge >= 0.3 is 0 Å². The second-order valence-corrected chi connectivity index (χ2v) is 7.81. The molecule has 1 saturated carbocycles. The van der Waals surface area contributed by atoms with Crippen molar-refractivity contribution in [2.24, 2.45) is 5.73 Å². The summed E-state index contributed by atoms with van der Waals surface area (Å²) in [6.07, 6.45) is 3.57. The van der Waals surface area contributed by atoms with Crippen molar-refractivity contribution in [1.82, 2.24) is 4.72 Å². The maximum atomic E-state index is 12.4. The minimum atomic E-state index is -3.60. The van der Waals surface area contributed by atoms with Crippen LogP contribution in [-0.4, -0.2) is 20.5 Å². The lowest BCUT2D eigenvalue weighted by Gasteiger charge is -2.28. The van der Waals surface area contributed by atoms with Crippen LogP contribution in [0, 0.1) is 0 Å². The molecule has 0 heterocycles. The summed E-state index contributed by atoms with van der Waals surface area (Å²) in [6, 6.07) is 4.62. The van der Waals surface area contributed by atoms with Gasteiger partial charge in [-0.15, -0.1) is 0 Å². The number of nitrogens with two attached hydrogens (primary N) is 1. The molecule has 1 aliphatic carbocycles. The van der Waals surface area contributed by atoms with Crippen LogP contribution in [0.15, 0.2) is 27.6 Å². The van der Waals surface area contributed by atoms with Gasteiger partial charge in [-0.3, -0.25) is 0 Å². The van der Waals surface area contributed by atoms with Gasteiger partial charge < -0.3 is 5.73 Å². The maximum Gasteiger partial charge on any atom is 0.242 e. The standard InChI is InChI=1S/C12H16BrClN2O2S/c13-10-7-9(14)3-4-11(10)19(17,18)16-12(8-15)5-1-2-6-12/h3-4,7,16H,1-2,5-6,8,15H2. The Kier molecular flexibility index (Phi) is 4.57. The van der Waals surface area contributed by atoms with Crippen LogP contribution in [-0.2, 0) is 10.0 Å². The van der Waals surface area contributed by atoms with Crippen molar-refractivity contribution < 1.29 is 8.42 Å². The zero-order valence-electron chi connectivity index (χ0n) is 10.3. The lowest BCUT2D eigenvalue weighted by Crippen LogP contribution is -2.51. The lowest BCUT2D eigenvalue weighted by atomic mass is 10.0. The van der Waals surface area contributed by atoms with Crippen molar-refractivity contribution in [1.29, 1.82) is 0 Å². The number of halogens is 2. The van der Waals surface area contributed by atoms with E-state index in [0.29, 0.717) is 16.0 Å². The predicted octanol–water partition coefficient (Wildman–Crippen LogP) is 2.65. The molecule has 19 heavy (non-hydrogen) atoms. The van der Waals surface area contributed by atoms with Gasteiger partial charge in [-0.1, -0.05) is 24.4 Å². The second kappa shape index (κ2) is 5.69. The highest BCUT2D eigenvalue weighted by Gasteiger charge is 2.37. The first-order chi connectivity index (χ1) is 8.88. The number of hydrogen-bond donors (Lipinski definition) is 2. The highest BCUT2D eigenvalue weighted by Crippen LogP contribution is 2.32. The van der Waals surface area contributed by atoms with E-state index in [2.05, 4.69) is 20.7 Å². The Morgan fingerprint density at radius 3 is 2.53 bits per heavy atom. The van der Waals surface area contributed by atoms with Gasteiger partial charge in [0.15, 0.2) is 0 Å². The number of hydrogen-bond acceptors (Lipinski definition) is 3. The predicted molar refractivity (Wildman–Crippen MR) is 79.7 cm³/mol. The van der Waals surface area contributed by atoms with E-state index >= 15 is 0 Å². The van der Waals surface area contributed by atoms with Crippen molar-refractivity contribution in [2.45, 2.75) is 36.1 Å². The molecule has 1 aromatic carbocycles. The summed E-state index contributed by atoms with van der Waals surface area (Å²) >= 11 is 9.06. The summed E-state index contributed by atoms with van der Waals surface area (Å²) in [7, 11) is -3.60. The fourth-order valence-corrected chi connectivity index (χ4v) is 5.29. The molecule has 0 aliphatic heterocycles. The van der Waals surface area contributed by atoms with Crippen LogP contribution in [0.4, 0.5) is 0 Å². The molecule has 0 aromatic heterocycles. The van der Waals surface area contributed by atoms with E-state index in [4.69, 9.17) is 17.3 Å². The molecule has 106 valence electrons. The summed E-state index contributed by atoms with van der Waals surface area (Å²) in [5.74, 6) is 0. The molecule has 3 N–H and O–H groups in total. The fourth-order valence-electron chi connectivity index (χ4n) is 2.43. The van der Waals surface area contributed by atoms with Crippen LogP contribution in [0.3, 0.4) is 0 Å². The molecular weight excluding hydrogens is 352 g/mol. The molecule has 0 bridgehead atoms. The van der Waals surface area contributed by atoms with Gasteiger partial charge in [0.1, 0.15) is 0 Å². The van der Waals surface area contributed by atoms with Gasteiger partial charge in [0, 0.05) is 21.6 Å². The van der Waals surface area contributed by atoms with E-state index in [-0.39, 0.29) is 4.90 Å². The van der Waals surface area contributed by atoms with Gasteiger partial charge in [0.05, 0.1) is 4.90 Å². The third-order valence-electron chi connectivity index (χ3n) is 3.49. The van der Waals surface area contributed by atoms with Crippen molar-refractivity contribution in [3.05, 3.63) is 27.7 Å². The van der Waals surface area contributed by atoms with Crippen molar-refractivity contribution in [2.75, 3.05) is 6.54 Å². The minimum Gasteiger partial charge on any atom is -0.329 e. The smallest absolute Gasteiger partial charge is 0.242 e. The van der Waals surface area contributed by atoms with Crippen LogP contribution in [0.1, 0.15) is 25.7 Å². The highest BCUT2D eigenvalue weighted by atomic mass is 79.9. The largest absolute Gasteiger partial charge is 0.329 e. The van der Waals surface area contributed by atoms with Crippen molar-refractivity contribution >= 4 is 37.6 Å². The first-order valence-corrected chi connectivity index (χ1v) is 8.73. The molecule has 0 amide bonds. The van der Waals surface area contributed by atoms with E-state index in [1.807, 2.05) is 0 Å². The molecule has 0 saturated heterocycles. The maximum absolute atomic E-state index is 12.4. The summed E-state index contributed by atoms with van der Waals surface area (Å²) in [6.45, 7) is 0.317. The quantitative estimate of drug-likeness (QED) is 0.859. The summed E-state index contributed by atoms with van der Waals surface area (Å²) in [5, 5.41) is 0.486. The number of nitrogens with one attached hydrogen (secondary N) is 1. The molecule has 4 nitrogen and oxygen atoms in total. The first-order valence-electron chi connectivity index (χ1n) is 6.08. The Bertz CT molecular complexity index is 571. The fraction of sp³-hybridized carbons (Fsp3) is 0.500. The van der Waals surface area contributed by atoms with Gasteiger partial charge in [-0.05, 0) is 47.0 Å². The first kappa shape index (κ1) is 15.3. The molecule has 1 aromatic rings. The van der Waals surface area contributed by atoms with E-state index in [1.165, 1.54) is 6.07 Å². The van der Waals surface area contributed by atoms with E-state index in [1.54, 1.807) is 12.1 Å². The molecule has 0 atom stereocenters. The summed E-state index contributed by atoms with van der Waals surface area (Å²) in [4.78, 5) is 0.191. The highest BCUT2D eigenvalue weighted by molar-refractivity contribution is 9.10. The van der Waals surface area contributed by atoms with Crippen LogP contribution in [0.25, 0.3) is 0 Å². The third-order valence-corrected chi connectivity index (χ3v) is 6.28. The van der Waals surface area contributed by atoms with Gasteiger partial charge in [0.25, 0.3) is 0 Å². The SMILES string of the molecule is NCC1(NS(=O)(=O)c2ccc(Cl)cc2Br)CCCC1. The van der Waals surface area contributed by atoms with E-state index in [9.17, 15) is 8.42 Å². The van der Waals surface area contributed by atoms with Crippen molar-refractivity contribution in [3.63, 3.8) is 0 Å². The molecule has 0 spiro atoms. The minimum absolute atomic E-state index is 0.191. The summed E-state index contributed by atoms with van der Waals surface area (Å²) < 4.78 is 28.1. The lowest BCUT2D eigenvalue weighted by molar-refractivity contribution is 0.399. The molecule has 0 unspecified atom stereocenters. The van der Waals surface area contributed by atoms with E-state index in [0.717, 1.165) is 25.7 Å². The Labute approximate surface area is 126 Å². The van der Waals surface area contributed by atoms with E-state index < -0.39 is 15.6 Å². The average Bonchev–Trinajstić information content (AvgIpc) is 2.77. The number of rotatable bonds is 4. The monoisotopic (exact) mass is 366 g/mol. The third kappa shape index (κ3) is 3.31. The summed E-state index contributed by atoms with van der Waals surface area (Å²) in [5.41, 5.74) is 5.25. The topological polar surface area (TPSA) is 72.2 Å². The number of sulfonamides is 1. The molecule has 7 heteroatoms. The van der Waals surface area contributed by atoms with Crippen molar-refractivity contribution in [3.8, 4) is 0 Å². The average molecular weight is 368 g/mol. The Morgan fingerprint density at radius 1 is 1.37 bits per heavy atom. The Hall–Kier alpha value is -0.140. The Morgan fingerprint density at radius 2 is 2.00 bits per heavy atom. The van der Waals surface area contributed by atoms with Gasteiger partial charge in [-0.2, -0.15) is 0 Å². The molecule has 0 radical (unpaired) electrons. The molecule has 1 fully saturated rings. The number of benzene rings is 1. The normalized spacial score (nSPS) is 18.7.